The summed E-state index contributed by atoms with van der Waals surface area (Å²) in [5.74, 6) is -1.47. The molecule has 0 spiro atoms. The molecule has 22 heavy (non-hydrogen) atoms. The van der Waals surface area contributed by atoms with Crippen molar-refractivity contribution in [2.75, 3.05) is 0 Å². The molecule has 0 radical (unpaired) electrons. The average Bonchev–Trinajstić information content (AvgIpc) is 2.88. The average molecular weight is 323 g/mol. The van der Waals surface area contributed by atoms with Crippen LogP contribution in [0.3, 0.4) is 0 Å². The number of carbonyl (C=O) groups excluding carboxylic acids is 1. The van der Waals surface area contributed by atoms with E-state index in [0.717, 1.165) is 10.9 Å². The summed E-state index contributed by atoms with van der Waals surface area (Å²) < 4.78 is 1.76. The molecule has 2 rings (SSSR count). The zero-order valence-corrected chi connectivity index (χ0v) is 13.3. The highest BCUT2D eigenvalue weighted by Gasteiger charge is 2.25. The van der Waals surface area contributed by atoms with E-state index >= 15 is 0 Å². The zero-order chi connectivity index (χ0) is 16.3. The number of amides is 1. The zero-order valence-electron chi connectivity index (χ0n) is 12.5. The Bertz CT molecular complexity index is 696. The van der Waals surface area contributed by atoms with Crippen LogP contribution in [0.2, 0.25) is 5.02 Å². The number of carboxylic acid groups (broad SMARTS) is 1. The van der Waals surface area contributed by atoms with Gasteiger partial charge in [0.25, 0.3) is 0 Å². The summed E-state index contributed by atoms with van der Waals surface area (Å²) in [5, 5.41) is 13.3. The fourth-order valence-corrected chi connectivity index (χ4v) is 2.61. The van der Waals surface area contributed by atoms with Crippen molar-refractivity contribution in [3.63, 3.8) is 0 Å². The molecule has 6 heteroatoms. The highest BCUT2D eigenvalue weighted by atomic mass is 35.5. The first-order valence-corrected chi connectivity index (χ1v) is 7.57. The second-order valence-corrected chi connectivity index (χ2v) is 5.79. The third kappa shape index (κ3) is 3.42. The molecule has 0 saturated heterocycles. The van der Waals surface area contributed by atoms with Crippen molar-refractivity contribution in [2.24, 2.45) is 5.92 Å². The molecule has 0 aliphatic heterocycles. The number of fused-ring (bicyclic) bond motifs is 1. The molecule has 1 aromatic carbocycles. The summed E-state index contributed by atoms with van der Waals surface area (Å²) >= 11 is 6.10. The van der Waals surface area contributed by atoms with E-state index in [1.807, 2.05) is 32.0 Å². The van der Waals surface area contributed by atoms with E-state index in [0.29, 0.717) is 11.4 Å². The third-order valence-corrected chi connectivity index (χ3v) is 4.20. The normalized spacial score (nSPS) is 13.8. The number of nitrogens with zero attached hydrogens (tertiary/aromatic N) is 1. The van der Waals surface area contributed by atoms with Gasteiger partial charge in [-0.2, -0.15) is 0 Å². The molecule has 5 nitrogen and oxygen atoms in total. The van der Waals surface area contributed by atoms with Gasteiger partial charge in [0.15, 0.2) is 0 Å². The van der Waals surface area contributed by atoms with Crippen LogP contribution in [-0.2, 0) is 16.1 Å². The molecule has 2 unspecified atom stereocenters. The van der Waals surface area contributed by atoms with E-state index in [2.05, 4.69) is 5.32 Å². The van der Waals surface area contributed by atoms with Gasteiger partial charge in [0.05, 0.1) is 0 Å². The van der Waals surface area contributed by atoms with E-state index in [-0.39, 0.29) is 18.4 Å². The van der Waals surface area contributed by atoms with Gasteiger partial charge in [-0.3, -0.25) is 4.79 Å². The molecule has 1 amide bonds. The Kier molecular flexibility index (Phi) is 5.08. The molecule has 2 aromatic rings. The van der Waals surface area contributed by atoms with Crippen molar-refractivity contribution in [2.45, 2.75) is 32.9 Å². The third-order valence-electron chi connectivity index (χ3n) is 3.87. The Balaban J connectivity index is 2.14. The lowest BCUT2D eigenvalue weighted by Gasteiger charge is -2.20. The van der Waals surface area contributed by atoms with Gasteiger partial charge in [0.1, 0.15) is 12.6 Å². The summed E-state index contributed by atoms with van der Waals surface area (Å²) in [4.78, 5) is 23.4. The molecular weight excluding hydrogens is 304 g/mol. The number of rotatable bonds is 6. The lowest BCUT2D eigenvalue weighted by molar-refractivity contribution is -0.143. The Morgan fingerprint density at radius 3 is 2.73 bits per heavy atom. The standard InChI is InChI=1S/C16H19ClN2O3/c1-3-10(2)15(16(21)22)18-14(20)9-19-8-7-11-12(17)5-4-6-13(11)19/h4-8,10,15H,3,9H2,1-2H3,(H,18,20)(H,21,22). The molecule has 0 fully saturated rings. The van der Waals surface area contributed by atoms with Crippen molar-refractivity contribution in [3.8, 4) is 0 Å². The predicted octanol–water partition coefficient (Wildman–Crippen LogP) is 2.91. The van der Waals surface area contributed by atoms with Crippen LogP contribution in [0.1, 0.15) is 20.3 Å². The topological polar surface area (TPSA) is 71.3 Å². The van der Waals surface area contributed by atoms with E-state index in [4.69, 9.17) is 11.6 Å². The van der Waals surface area contributed by atoms with Crippen molar-refractivity contribution in [1.29, 1.82) is 0 Å². The molecule has 118 valence electrons. The van der Waals surface area contributed by atoms with Crippen LogP contribution in [0, 0.1) is 5.92 Å². The van der Waals surface area contributed by atoms with Crippen molar-refractivity contribution < 1.29 is 14.7 Å². The van der Waals surface area contributed by atoms with Gasteiger partial charge in [0, 0.05) is 22.1 Å². The Morgan fingerprint density at radius 2 is 2.09 bits per heavy atom. The maximum atomic E-state index is 12.1. The Hall–Kier alpha value is -2.01. The van der Waals surface area contributed by atoms with Crippen molar-refractivity contribution in [1.82, 2.24) is 9.88 Å². The number of carbonyl (C=O) groups is 2. The largest absolute Gasteiger partial charge is 0.480 e. The number of aromatic nitrogens is 1. The molecular formula is C16H19ClN2O3. The number of benzene rings is 1. The summed E-state index contributed by atoms with van der Waals surface area (Å²) in [6.07, 6.45) is 2.45. The molecule has 0 aliphatic rings. The number of halogens is 1. The fourth-order valence-electron chi connectivity index (χ4n) is 2.38. The molecule has 1 heterocycles. The van der Waals surface area contributed by atoms with Gasteiger partial charge < -0.3 is 15.0 Å². The number of carboxylic acids is 1. The monoisotopic (exact) mass is 322 g/mol. The fraction of sp³-hybridized carbons (Fsp3) is 0.375. The van der Waals surface area contributed by atoms with Crippen LogP contribution >= 0.6 is 11.6 Å². The summed E-state index contributed by atoms with van der Waals surface area (Å²) in [5.41, 5.74) is 0.845. The summed E-state index contributed by atoms with van der Waals surface area (Å²) in [6.45, 7) is 3.77. The molecule has 0 saturated carbocycles. The highest BCUT2D eigenvalue weighted by molar-refractivity contribution is 6.35. The van der Waals surface area contributed by atoms with Crippen molar-refractivity contribution >= 4 is 34.4 Å². The molecule has 0 aliphatic carbocycles. The summed E-state index contributed by atoms with van der Waals surface area (Å²) in [6, 6.07) is 6.45. The van der Waals surface area contributed by atoms with E-state index in [1.165, 1.54) is 0 Å². The van der Waals surface area contributed by atoms with Gasteiger partial charge in [-0.15, -0.1) is 0 Å². The van der Waals surface area contributed by atoms with E-state index < -0.39 is 12.0 Å². The minimum Gasteiger partial charge on any atom is -0.480 e. The van der Waals surface area contributed by atoms with Crippen LogP contribution in [-0.4, -0.2) is 27.6 Å². The number of aliphatic carboxylic acids is 1. The first-order valence-electron chi connectivity index (χ1n) is 7.19. The first-order chi connectivity index (χ1) is 10.4. The lowest BCUT2D eigenvalue weighted by Crippen LogP contribution is -2.46. The van der Waals surface area contributed by atoms with Crippen LogP contribution < -0.4 is 5.32 Å². The van der Waals surface area contributed by atoms with Crippen molar-refractivity contribution in [3.05, 3.63) is 35.5 Å². The molecule has 2 atom stereocenters. The van der Waals surface area contributed by atoms with Crippen LogP contribution in [0.15, 0.2) is 30.5 Å². The second kappa shape index (κ2) is 6.83. The van der Waals surface area contributed by atoms with Gasteiger partial charge >= 0.3 is 5.97 Å². The number of nitrogens with one attached hydrogen (secondary N) is 1. The highest BCUT2D eigenvalue weighted by Crippen LogP contribution is 2.24. The summed E-state index contributed by atoms with van der Waals surface area (Å²) in [7, 11) is 0. The SMILES string of the molecule is CCC(C)C(NC(=O)Cn1ccc2c(Cl)cccc21)C(=O)O. The quantitative estimate of drug-likeness (QED) is 0.859. The van der Waals surface area contributed by atoms with E-state index in [9.17, 15) is 14.7 Å². The van der Waals surface area contributed by atoms with Crippen LogP contribution in [0.5, 0.6) is 0 Å². The lowest BCUT2D eigenvalue weighted by atomic mass is 9.99. The minimum absolute atomic E-state index is 0.0596. The van der Waals surface area contributed by atoms with Gasteiger partial charge in [-0.25, -0.2) is 4.79 Å². The number of hydrogen-bond acceptors (Lipinski definition) is 2. The maximum absolute atomic E-state index is 12.1. The number of hydrogen-bond donors (Lipinski definition) is 2. The molecule has 2 N–H and O–H groups in total. The first kappa shape index (κ1) is 16.4. The Morgan fingerprint density at radius 1 is 1.36 bits per heavy atom. The molecule has 1 aromatic heterocycles. The minimum atomic E-state index is -1.01. The molecule has 0 bridgehead atoms. The van der Waals surface area contributed by atoms with Gasteiger partial charge in [-0.1, -0.05) is 37.9 Å². The second-order valence-electron chi connectivity index (χ2n) is 5.39. The van der Waals surface area contributed by atoms with Crippen LogP contribution in [0.4, 0.5) is 0 Å². The van der Waals surface area contributed by atoms with Gasteiger partial charge in [0.2, 0.25) is 5.91 Å². The smallest absolute Gasteiger partial charge is 0.326 e. The van der Waals surface area contributed by atoms with Crippen LogP contribution in [0.25, 0.3) is 10.9 Å². The van der Waals surface area contributed by atoms with Gasteiger partial charge in [-0.05, 0) is 24.1 Å². The maximum Gasteiger partial charge on any atom is 0.326 e. The predicted molar refractivity (Wildman–Crippen MR) is 86.0 cm³/mol. The van der Waals surface area contributed by atoms with E-state index in [1.54, 1.807) is 16.8 Å². The Labute approximate surface area is 133 Å².